The summed E-state index contributed by atoms with van der Waals surface area (Å²) >= 11 is 0. The summed E-state index contributed by atoms with van der Waals surface area (Å²) in [5, 5.41) is 3.27. The number of rotatable bonds is 7. The van der Waals surface area contributed by atoms with E-state index in [-0.39, 0.29) is 36.8 Å². The van der Waals surface area contributed by atoms with Crippen molar-refractivity contribution in [3.63, 3.8) is 0 Å². The van der Waals surface area contributed by atoms with Gasteiger partial charge in [-0.2, -0.15) is 0 Å². The standard InChI is InChI=1S/C46H48F3N7O5/c1-25-18-33-31-4-2-3-5-37(31)50-41(33)42(55(25)24-39(48)49)32-7-6-30(21-36(32)47)52-14-10-26(11-15-52)44(59)53-16-12-29(13-17-53)54-22-27-19-34-35(20-28(27)23-54)46(61)56(45(34)60)38-8-9-40(57)51-43(38)58/h2-7,19-21,25-26,29,38-39,42,50H,8-18,22-24H2,1H3,(H,51,57,58)/t25-,38?,42?/m1/s1. The normalized spacial score (nSPS) is 24.2. The topological polar surface area (TPSA) is 129 Å². The number of aromatic nitrogens is 1. The molecular formula is C46H48F3N7O5. The lowest BCUT2D eigenvalue weighted by Gasteiger charge is -2.41. The van der Waals surface area contributed by atoms with Gasteiger partial charge in [0.05, 0.1) is 23.7 Å². The van der Waals surface area contributed by atoms with E-state index < -0.39 is 54.5 Å². The van der Waals surface area contributed by atoms with Crippen LogP contribution in [0.4, 0.5) is 18.9 Å². The Morgan fingerprint density at radius 1 is 0.852 bits per heavy atom. The lowest BCUT2D eigenvalue weighted by Crippen LogP contribution is -2.54. The van der Waals surface area contributed by atoms with Gasteiger partial charge in [-0.05, 0) is 92.5 Å². The number of carbonyl (C=O) groups excluding carboxylic acids is 5. The van der Waals surface area contributed by atoms with Crippen molar-refractivity contribution in [1.82, 2.24) is 29.9 Å². The number of carbonyl (C=O) groups is 5. The second-order valence-electron chi connectivity index (χ2n) is 17.6. The molecule has 3 saturated heterocycles. The first-order chi connectivity index (χ1) is 29.4. The Kier molecular flexibility index (Phi) is 10.0. The summed E-state index contributed by atoms with van der Waals surface area (Å²) in [6.45, 7) is 5.19. The van der Waals surface area contributed by atoms with Crippen LogP contribution in [-0.2, 0) is 33.9 Å². The van der Waals surface area contributed by atoms with Crippen LogP contribution in [0, 0.1) is 11.7 Å². The molecule has 0 radical (unpaired) electrons. The quantitative estimate of drug-likeness (QED) is 0.233. The maximum Gasteiger partial charge on any atom is 0.262 e. The van der Waals surface area contributed by atoms with Gasteiger partial charge in [0.1, 0.15) is 11.9 Å². The summed E-state index contributed by atoms with van der Waals surface area (Å²) in [5.74, 6) is -2.46. The Morgan fingerprint density at radius 2 is 1.54 bits per heavy atom. The maximum atomic E-state index is 16.3. The Labute approximate surface area is 351 Å². The van der Waals surface area contributed by atoms with Crippen LogP contribution in [0.3, 0.4) is 0 Å². The second-order valence-corrected chi connectivity index (χ2v) is 17.6. The fourth-order valence-electron chi connectivity index (χ4n) is 11.0. The number of likely N-dealkylation sites (tertiary alicyclic amines) is 1. The fourth-order valence-corrected chi connectivity index (χ4v) is 11.0. The minimum Gasteiger partial charge on any atom is -0.371 e. The highest BCUT2D eigenvalue weighted by molar-refractivity contribution is 6.23. The zero-order valence-corrected chi connectivity index (χ0v) is 34.0. The number of para-hydroxylation sites is 1. The van der Waals surface area contributed by atoms with Crippen LogP contribution in [0.2, 0.25) is 0 Å². The van der Waals surface area contributed by atoms with Crippen LogP contribution in [0.15, 0.2) is 54.6 Å². The van der Waals surface area contributed by atoms with Gasteiger partial charge in [0.2, 0.25) is 17.7 Å². The van der Waals surface area contributed by atoms with Gasteiger partial charge in [-0.15, -0.1) is 0 Å². The number of amides is 5. The summed E-state index contributed by atoms with van der Waals surface area (Å²) in [7, 11) is 0. The van der Waals surface area contributed by atoms with Crippen LogP contribution in [0.5, 0.6) is 0 Å². The summed E-state index contributed by atoms with van der Waals surface area (Å²) in [6, 6.07) is 14.9. The number of fused-ring (bicyclic) bond motifs is 5. The zero-order chi connectivity index (χ0) is 42.3. The Morgan fingerprint density at radius 3 is 2.20 bits per heavy atom. The highest BCUT2D eigenvalue weighted by atomic mass is 19.3. The van der Waals surface area contributed by atoms with Crippen LogP contribution in [0.1, 0.15) is 100 Å². The van der Waals surface area contributed by atoms with E-state index in [1.54, 1.807) is 23.1 Å². The van der Waals surface area contributed by atoms with Crippen molar-refractivity contribution in [2.24, 2.45) is 5.92 Å². The largest absolute Gasteiger partial charge is 0.371 e. The van der Waals surface area contributed by atoms with Crippen LogP contribution in [0.25, 0.3) is 10.9 Å². The molecule has 1 aromatic heterocycles. The Balaban J connectivity index is 0.746. The number of hydrogen-bond acceptors (Lipinski definition) is 8. The molecule has 0 spiro atoms. The molecule has 318 valence electrons. The molecule has 0 bridgehead atoms. The van der Waals surface area contributed by atoms with Gasteiger partial charge in [0.25, 0.3) is 18.2 Å². The van der Waals surface area contributed by atoms with Gasteiger partial charge < -0.3 is 14.8 Å². The first-order valence-corrected chi connectivity index (χ1v) is 21.5. The van der Waals surface area contributed by atoms with Crippen molar-refractivity contribution >= 4 is 46.1 Å². The minimum atomic E-state index is -2.56. The van der Waals surface area contributed by atoms with E-state index in [0.29, 0.717) is 80.9 Å². The maximum absolute atomic E-state index is 16.3. The highest BCUT2D eigenvalue weighted by Gasteiger charge is 2.46. The average Bonchev–Trinajstić information content (AvgIpc) is 3.91. The number of benzene rings is 3. The van der Waals surface area contributed by atoms with E-state index in [9.17, 15) is 32.8 Å². The highest BCUT2D eigenvalue weighted by Crippen LogP contribution is 2.43. The summed E-state index contributed by atoms with van der Waals surface area (Å²) < 4.78 is 44.1. The molecule has 0 aliphatic carbocycles. The smallest absolute Gasteiger partial charge is 0.262 e. The molecule has 5 amide bonds. The molecule has 10 rings (SSSR count). The van der Waals surface area contributed by atoms with Crippen molar-refractivity contribution in [3.8, 4) is 0 Å². The predicted octanol–water partition coefficient (Wildman–Crippen LogP) is 5.53. The lowest BCUT2D eigenvalue weighted by molar-refractivity contribution is -0.138. The third-order valence-electron chi connectivity index (χ3n) is 14.2. The number of H-pyrrole nitrogens is 1. The van der Waals surface area contributed by atoms with E-state index >= 15 is 4.39 Å². The first-order valence-electron chi connectivity index (χ1n) is 21.5. The zero-order valence-electron chi connectivity index (χ0n) is 34.0. The lowest BCUT2D eigenvalue weighted by atomic mass is 9.88. The molecule has 3 atom stereocenters. The number of alkyl halides is 2. The summed E-state index contributed by atoms with van der Waals surface area (Å²) in [5.41, 5.74) is 6.33. The first kappa shape index (κ1) is 39.6. The third kappa shape index (κ3) is 6.89. The van der Waals surface area contributed by atoms with E-state index in [4.69, 9.17) is 0 Å². The SMILES string of the molecule is C[C@@H]1Cc2c([nH]c3ccccc23)C(c2ccc(N3CCC(C(=O)N4CCC(N5Cc6cc7c(cc6C5)C(=O)N(C5CCC(=O)NC5=O)C7=O)CC4)CC3)cc2F)N1CC(F)F. The molecule has 7 heterocycles. The molecule has 3 aromatic carbocycles. The van der Waals surface area contributed by atoms with Crippen molar-refractivity contribution in [2.45, 2.75) is 95.6 Å². The number of hydrogen-bond donors (Lipinski definition) is 2. The van der Waals surface area contributed by atoms with E-state index in [2.05, 4.69) is 20.1 Å². The van der Waals surface area contributed by atoms with Gasteiger partial charge in [0, 0.05) is 91.5 Å². The van der Waals surface area contributed by atoms with Gasteiger partial charge in [-0.25, -0.2) is 13.2 Å². The van der Waals surface area contributed by atoms with Crippen molar-refractivity contribution in [2.75, 3.05) is 37.6 Å². The Hall–Kier alpha value is -5.54. The number of aromatic amines is 1. The van der Waals surface area contributed by atoms with Gasteiger partial charge >= 0.3 is 0 Å². The van der Waals surface area contributed by atoms with Crippen molar-refractivity contribution < 1.29 is 37.1 Å². The molecule has 4 aromatic rings. The molecule has 3 fully saturated rings. The van der Waals surface area contributed by atoms with Crippen LogP contribution in [-0.4, -0.2) is 111 Å². The minimum absolute atomic E-state index is 0.0712. The summed E-state index contributed by atoms with van der Waals surface area (Å²) in [4.78, 5) is 77.2. The third-order valence-corrected chi connectivity index (χ3v) is 14.2. The molecule has 2 unspecified atom stereocenters. The van der Waals surface area contributed by atoms with Crippen LogP contribution < -0.4 is 10.2 Å². The second kappa shape index (κ2) is 15.4. The number of nitrogens with one attached hydrogen (secondary N) is 2. The molecule has 12 nitrogen and oxygen atoms in total. The summed E-state index contributed by atoms with van der Waals surface area (Å²) in [6.07, 6.45) is 1.12. The van der Waals surface area contributed by atoms with E-state index in [1.165, 1.54) is 6.07 Å². The van der Waals surface area contributed by atoms with Crippen molar-refractivity contribution in [3.05, 3.63) is 99.5 Å². The Bertz CT molecular complexity index is 2430. The molecule has 0 saturated carbocycles. The van der Waals surface area contributed by atoms with E-state index in [0.717, 1.165) is 51.0 Å². The van der Waals surface area contributed by atoms with Gasteiger partial charge in [-0.1, -0.05) is 24.3 Å². The molecule has 61 heavy (non-hydrogen) atoms. The van der Waals surface area contributed by atoms with Gasteiger partial charge in [-0.3, -0.25) is 44.0 Å². The monoisotopic (exact) mass is 835 g/mol. The fraction of sp³-hybridized carbons (Fsp3) is 0.457. The van der Waals surface area contributed by atoms with Crippen LogP contribution >= 0.6 is 0 Å². The molecular weight excluding hydrogens is 788 g/mol. The predicted molar refractivity (Wildman–Crippen MR) is 219 cm³/mol. The molecule has 6 aliphatic heterocycles. The average molecular weight is 836 g/mol. The number of nitrogens with zero attached hydrogens (tertiary/aromatic N) is 5. The molecule has 6 aliphatic rings. The van der Waals surface area contributed by atoms with Gasteiger partial charge in [0.15, 0.2) is 0 Å². The number of piperidine rings is 3. The van der Waals surface area contributed by atoms with Crippen molar-refractivity contribution in [1.29, 1.82) is 0 Å². The number of halogens is 3. The number of imide groups is 2. The number of anilines is 1. The molecule has 2 N–H and O–H groups in total. The van der Waals surface area contributed by atoms with E-state index in [1.807, 2.05) is 42.2 Å². The molecule has 15 heteroatoms.